The molecular weight excluding hydrogens is 316 g/mol. The molecule has 0 aliphatic carbocycles. The summed E-state index contributed by atoms with van der Waals surface area (Å²) < 4.78 is 6.65. The summed E-state index contributed by atoms with van der Waals surface area (Å²) >= 11 is 1.35. The van der Waals surface area contributed by atoms with Gasteiger partial charge in [0, 0.05) is 12.2 Å². The number of hydrogen-bond donors (Lipinski definition) is 1. The van der Waals surface area contributed by atoms with Gasteiger partial charge in [0.1, 0.15) is 6.33 Å². The van der Waals surface area contributed by atoms with Crippen molar-refractivity contribution in [2.75, 3.05) is 7.11 Å². The number of ether oxygens (including phenoxy) is 1. The van der Waals surface area contributed by atoms with Crippen molar-refractivity contribution in [2.24, 2.45) is 0 Å². The van der Waals surface area contributed by atoms with Gasteiger partial charge >= 0.3 is 5.97 Å². The van der Waals surface area contributed by atoms with Crippen LogP contribution in [0.5, 0.6) is 0 Å². The van der Waals surface area contributed by atoms with E-state index < -0.39 is 5.97 Å². The zero-order valence-corrected chi connectivity index (χ0v) is 14.7. The minimum absolute atomic E-state index is 0.0867. The van der Waals surface area contributed by atoms with E-state index in [1.807, 2.05) is 18.4 Å². The van der Waals surface area contributed by atoms with Crippen LogP contribution >= 0.6 is 11.8 Å². The highest BCUT2D eigenvalue weighted by Gasteiger charge is 2.26. The van der Waals surface area contributed by atoms with Gasteiger partial charge in [-0.1, -0.05) is 11.8 Å². The molecule has 0 fully saturated rings. The first-order valence-corrected chi connectivity index (χ1v) is 8.14. The van der Waals surface area contributed by atoms with Crippen LogP contribution in [0.4, 0.5) is 0 Å². The fourth-order valence-corrected chi connectivity index (χ4v) is 3.32. The summed E-state index contributed by atoms with van der Waals surface area (Å²) in [7, 11) is 1.33. The molecule has 0 aliphatic rings. The third kappa shape index (κ3) is 3.31. The van der Waals surface area contributed by atoms with Gasteiger partial charge in [-0.3, -0.25) is 4.79 Å². The number of esters is 1. The Morgan fingerprint density at radius 3 is 2.74 bits per heavy atom. The second-order valence-electron chi connectivity index (χ2n) is 5.14. The number of thioether (sulfide) groups is 1. The van der Waals surface area contributed by atoms with Crippen molar-refractivity contribution in [3.8, 4) is 0 Å². The maximum absolute atomic E-state index is 12.7. The zero-order valence-electron chi connectivity index (χ0n) is 13.8. The van der Waals surface area contributed by atoms with Crippen LogP contribution in [0.3, 0.4) is 0 Å². The Hall–Kier alpha value is -2.09. The van der Waals surface area contributed by atoms with Gasteiger partial charge in [-0.15, -0.1) is 10.2 Å². The number of aromatic nitrogens is 4. The van der Waals surface area contributed by atoms with Gasteiger partial charge in [-0.05, 0) is 33.3 Å². The zero-order chi connectivity index (χ0) is 17.1. The van der Waals surface area contributed by atoms with Gasteiger partial charge in [-0.2, -0.15) is 0 Å². The second-order valence-corrected chi connectivity index (χ2v) is 6.45. The number of rotatable bonds is 6. The standard InChI is InChI=1S/C15H20N4O3S/c1-6-19-7-16-18-15(19)23-10(4)13(20)12-8(2)11(9(3)17-12)14(21)22-5/h7,10,17H,6H2,1-5H3/t10-/m0/s1. The van der Waals surface area contributed by atoms with Gasteiger partial charge in [0.15, 0.2) is 10.9 Å². The highest BCUT2D eigenvalue weighted by molar-refractivity contribution is 8.00. The van der Waals surface area contributed by atoms with Crippen LogP contribution in [0.25, 0.3) is 0 Å². The quantitative estimate of drug-likeness (QED) is 0.495. The Balaban J connectivity index is 2.25. The number of aromatic amines is 1. The fourth-order valence-electron chi connectivity index (χ4n) is 2.37. The highest BCUT2D eigenvalue weighted by Crippen LogP contribution is 2.26. The second kappa shape index (κ2) is 6.99. The molecule has 8 heteroatoms. The monoisotopic (exact) mass is 336 g/mol. The van der Waals surface area contributed by atoms with Gasteiger partial charge in [0.2, 0.25) is 0 Å². The van der Waals surface area contributed by atoms with Crippen LogP contribution in [0.15, 0.2) is 11.5 Å². The van der Waals surface area contributed by atoms with Crippen molar-refractivity contribution in [3.05, 3.63) is 28.8 Å². The molecule has 2 rings (SSSR count). The molecule has 23 heavy (non-hydrogen) atoms. The summed E-state index contributed by atoms with van der Waals surface area (Å²) in [4.78, 5) is 27.5. The first-order valence-electron chi connectivity index (χ1n) is 7.26. The van der Waals surface area contributed by atoms with Crippen molar-refractivity contribution >= 4 is 23.5 Å². The highest BCUT2D eigenvalue weighted by atomic mass is 32.2. The Kier molecular flexibility index (Phi) is 5.25. The number of H-pyrrole nitrogens is 1. The summed E-state index contributed by atoms with van der Waals surface area (Å²) in [6, 6.07) is 0. The minimum atomic E-state index is -0.443. The van der Waals surface area contributed by atoms with Crippen molar-refractivity contribution in [1.29, 1.82) is 0 Å². The summed E-state index contributed by atoms with van der Waals surface area (Å²) in [6.45, 7) is 8.04. The number of Topliss-reactive ketones (excluding diaryl/α,β-unsaturated/α-hetero) is 1. The minimum Gasteiger partial charge on any atom is -0.465 e. The molecular formula is C15H20N4O3S. The normalized spacial score (nSPS) is 12.2. The first kappa shape index (κ1) is 17.3. The molecule has 0 amide bonds. The van der Waals surface area contributed by atoms with E-state index in [0.29, 0.717) is 27.7 Å². The van der Waals surface area contributed by atoms with E-state index in [2.05, 4.69) is 15.2 Å². The number of carbonyl (C=O) groups is 2. The molecule has 0 unspecified atom stereocenters. The van der Waals surface area contributed by atoms with Crippen molar-refractivity contribution < 1.29 is 14.3 Å². The molecule has 0 spiro atoms. The smallest absolute Gasteiger partial charge is 0.339 e. The van der Waals surface area contributed by atoms with Gasteiger partial charge in [0.25, 0.3) is 0 Å². The topological polar surface area (TPSA) is 89.9 Å². The van der Waals surface area contributed by atoms with E-state index in [9.17, 15) is 9.59 Å². The molecule has 0 radical (unpaired) electrons. The Morgan fingerprint density at radius 1 is 1.43 bits per heavy atom. The molecule has 0 aromatic carbocycles. The third-order valence-corrected chi connectivity index (χ3v) is 4.74. The predicted octanol–water partition coefficient (Wildman–Crippen LogP) is 2.39. The molecule has 1 atom stereocenters. The number of aryl methyl sites for hydroxylation is 2. The maximum atomic E-state index is 12.7. The number of hydrogen-bond acceptors (Lipinski definition) is 6. The van der Waals surface area contributed by atoms with E-state index in [4.69, 9.17) is 4.74 Å². The summed E-state index contributed by atoms with van der Waals surface area (Å²) in [6.07, 6.45) is 1.64. The number of nitrogens with one attached hydrogen (secondary N) is 1. The van der Waals surface area contributed by atoms with Gasteiger partial charge in [-0.25, -0.2) is 4.79 Å². The lowest BCUT2D eigenvalue weighted by molar-refractivity contribution is 0.0599. The fraction of sp³-hybridized carbons (Fsp3) is 0.467. The molecule has 2 heterocycles. The SMILES string of the molecule is CCn1cnnc1S[C@@H](C)C(=O)c1[nH]c(C)c(C(=O)OC)c1C. The van der Waals surface area contributed by atoms with E-state index in [1.165, 1.54) is 18.9 Å². The van der Waals surface area contributed by atoms with Crippen LogP contribution < -0.4 is 0 Å². The number of nitrogens with zero attached hydrogens (tertiary/aromatic N) is 3. The molecule has 0 bridgehead atoms. The maximum Gasteiger partial charge on any atom is 0.339 e. The third-order valence-electron chi connectivity index (χ3n) is 3.65. The lowest BCUT2D eigenvalue weighted by Gasteiger charge is -2.10. The van der Waals surface area contributed by atoms with E-state index in [1.54, 1.807) is 20.2 Å². The van der Waals surface area contributed by atoms with Gasteiger partial charge in [0.05, 0.1) is 23.6 Å². The molecule has 7 nitrogen and oxygen atoms in total. The lowest BCUT2D eigenvalue weighted by atomic mass is 10.1. The molecule has 2 aromatic heterocycles. The number of carbonyl (C=O) groups excluding carboxylic acids is 2. The van der Waals surface area contributed by atoms with Crippen LogP contribution in [0.1, 0.15) is 46.0 Å². The predicted molar refractivity (Wildman–Crippen MR) is 87.0 cm³/mol. The van der Waals surface area contributed by atoms with Crippen LogP contribution in [0.2, 0.25) is 0 Å². The molecule has 0 saturated heterocycles. The Bertz CT molecular complexity index is 735. The van der Waals surface area contributed by atoms with Crippen molar-refractivity contribution in [1.82, 2.24) is 19.7 Å². The average Bonchev–Trinajstić information content (AvgIpc) is 3.09. The van der Waals surface area contributed by atoms with Crippen molar-refractivity contribution in [2.45, 2.75) is 44.6 Å². The Labute approximate surface area is 138 Å². The molecule has 2 aromatic rings. The van der Waals surface area contributed by atoms with Crippen LogP contribution in [0, 0.1) is 13.8 Å². The largest absolute Gasteiger partial charge is 0.465 e. The van der Waals surface area contributed by atoms with Crippen LogP contribution in [-0.4, -0.2) is 43.9 Å². The molecule has 0 saturated carbocycles. The van der Waals surface area contributed by atoms with E-state index >= 15 is 0 Å². The summed E-state index contributed by atoms with van der Waals surface area (Å²) in [5.41, 5.74) is 2.10. The average molecular weight is 336 g/mol. The molecule has 124 valence electrons. The van der Waals surface area contributed by atoms with E-state index in [-0.39, 0.29) is 11.0 Å². The van der Waals surface area contributed by atoms with Gasteiger partial charge < -0.3 is 14.3 Å². The summed E-state index contributed by atoms with van der Waals surface area (Å²) in [5, 5.41) is 8.23. The van der Waals surface area contributed by atoms with Crippen LogP contribution in [-0.2, 0) is 11.3 Å². The Morgan fingerprint density at radius 2 is 2.13 bits per heavy atom. The molecule has 0 aliphatic heterocycles. The van der Waals surface area contributed by atoms with Crippen molar-refractivity contribution in [3.63, 3.8) is 0 Å². The summed E-state index contributed by atoms with van der Waals surface area (Å²) in [5.74, 6) is -0.530. The lowest BCUT2D eigenvalue weighted by Crippen LogP contribution is -2.16. The molecule has 1 N–H and O–H groups in total. The first-order chi connectivity index (χ1) is 10.9. The van der Waals surface area contributed by atoms with E-state index in [0.717, 1.165) is 6.54 Å². The number of methoxy groups -OCH3 is 1. The number of ketones is 1.